The summed E-state index contributed by atoms with van der Waals surface area (Å²) in [5.41, 5.74) is 6.83. The summed E-state index contributed by atoms with van der Waals surface area (Å²) in [5.74, 6) is 0.0177. The van der Waals surface area contributed by atoms with E-state index >= 15 is 0 Å². The molecular formula is C14H22ClNO. The van der Waals surface area contributed by atoms with Crippen molar-refractivity contribution in [2.24, 2.45) is 5.73 Å². The lowest BCUT2D eigenvalue weighted by Gasteiger charge is -2.22. The number of rotatable bonds is 7. The molecule has 2 unspecified atom stereocenters. The van der Waals surface area contributed by atoms with Gasteiger partial charge in [0.05, 0.1) is 6.10 Å². The van der Waals surface area contributed by atoms with Crippen LogP contribution in [0.3, 0.4) is 0 Å². The number of hydrogen-bond donors (Lipinski definition) is 2. The van der Waals surface area contributed by atoms with E-state index in [2.05, 4.69) is 6.92 Å². The second kappa shape index (κ2) is 7.70. The molecule has 0 fully saturated rings. The van der Waals surface area contributed by atoms with Crippen LogP contribution in [0.15, 0.2) is 24.3 Å². The van der Waals surface area contributed by atoms with Gasteiger partial charge in [-0.1, -0.05) is 49.9 Å². The van der Waals surface area contributed by atoms with Crippen LogP contribution in [-0.2, 0) is 0 Å². The van der Waals surface area contributed by atoms with Gasteiger partial charge in [0.1, 0.15) is 0 Å². The fraction of sp³-hybridized carbons (Fsp3) is 0.571. The first-order valence-electron chi connectivity index (χ1n) is 6.32. The maximum Gasteiger partial charge on any atom is 0.0620 e. The monoisotopic (exact) mass is 255 g/mol. The van der Waals surface area contributed by atoms with Gasteiger partial charge in [-0.3, -0.25) is 0 Å². The number of nitrogens with two attached hydrogens (primary N) is 1. The molecule has 96 valence electrons. The number of aliphatic hydroxyl groups is 1. The van der Waals surface area contributed by atoms with Gasteiger partial charge in [-0.2, -0.15) is 0 Å². The van der Waals surface area contributed by atoms with Gasteiger partial charge in [0.2, 0.25) is 0 Å². The molecule has 0 saturated carbocycles. The third-order valence-electron chi connectivity index (χ3n) is 3.12. The zero-order valence-corrected chi connectivity index (χ0v) is 11.2. The van der Waals surface area contributed by atoms with Crippen molar-refractivity contribution < 1.29 is 5.11 Å². The lowest BCUT2D eigenvalue weighted by Crippen LogP contribution is -2.25. The van der Waals surface area contributed by atoms with E-state index < -0.39 is 0 Å². The summed E-state index contributed by atoms with van der Waals surface area (Å²) in [7, 11) is 0. The summed E-state index contributed by atoms with van der Waals surface area (Å²) in [5, 5.41) is 10.9. The van der Waals surface area contributed by atoms with Crippen LogP contribution >= 0.6 is 11.6 Å². The topological polar surface area (TPSA) is 46.2 Å². The highest BCUT2D eigenvalue weighted by Crippen LogP contribution is 2.23. The van der Waals surface area contributed by atoms with Crippen molar-refractivity contribution in [1.29, 1.82) is 0 Å². The summed E-state index contributed by atoms with van der Waals surface area (Å²) in [6, 6.07) is 7.59. The Morgan fingerprint density at radius 1 is 1.24 bits per heavy atom. The molecule has 1 rings (SSSR count). The van der Waals surface area contributed by atoms with E-state index in [0.29, 0.717) is 11.6 Å². The second-order valence-corrected chi connectivity index (χ2v) is 4.89. The van der Waals surface area contributed by atoms with Gasteiger partial charge in [-0.15, -0.1) is 0 Å². The van der Waals surface area contributed by atoms with Crippen LogP contribution in [0.4, 0.5) is 0 Å². The standard InChI is InChI=1S/C14H22ClNO/c1-2-3-4-5-14(17)13(10-16)11-6-8-12(15)9-7-11/h6-9,13-14,17H,2-5,10,16H2,1H3. The maximum atomic E-state index is 10.1. The van der Waals surface area contributed by atoms with Gasteiger partial charge >= 0.3 is 0 Å². The molecule has 17 heavy (non-hydrogen) atoms. The van der Waals surface area contributed by atoms with Crippen molar-refractivity contribution in [3.05, 3.63) is 34.9 Å². The van der Waals surface area contributed by atoms with Gasteiger partial charge in [0.25, 0.3) is 0 Å². The van der Waals surface area contributed by atoms with Crippen LogP contribution in [0.2, 0.25) is 5.02 Å². The Bertz CT molecular complexity index is 313. The largest absolute Gasteiger partial charge is 0.392 e. The Kier molecular flexibility index (Phi) is 6.56. The van der Waals surface area contributed by atoms with Gasteiger partial charge in [0, 0.05) is 17.5 Å². The molecule has 0 amide bonds. The van der Waals surface area contributed by atoms with Crippen molar-refractivity contribution in [2.75, 3.05) is 6.54 Å². The molecule has 0 bridgehead atoms. The van der Waals surface area contributed by atoms with Crippen LogP contribution in [0, 0.1) is 0 Å². The average molecular weight is 256 g/mol. The SMILES string of the molecule is CCCCCC(O)C(CN)c1ccc(Cl)cc1. The van der Waals surface area contributed by atoms with Crippen molar-refractivity contribution >= 4 is 11.6 Å². The molecule has 0 aliphatic heterocycles. The van der Waals surface area contributed by atoms with E-state index in [9.17, 15) is 5.11 Å². The summed E-state index contributed by atoms with van der Waals surface area (Å²) < 4.78 is 0. The van der Waals surface area contributed by atoms with Crippen molar-refractivity contribution in [3.63, 3.8) is 0 Å². The third-order valence-corrected chi connectivity index (χ3v) is 3.37. The molecule has 1 aromatic carbocycles. The van der Waals surface area contributed by atoms with Gasteiger partial charge in [0.15, 0.2) is 0 Å². The molecule has 0 saturated heterocycles. The summed E-state index contributed by atoms with van der Waals surface area (Å²) >= 11 is 5.85. The molecule has 0 aliphatic rings. The van der Waals surface area contributed by atoms with E-state index in [4.69, 9.17) is 17.3 Å². The second-order valence-electron chi connectivity index (χ2n) is 4.46. The highest BCUT2D eigenvalue weighted by molar-refractivity contribution is 6.30. The first-order valence-corrected chi connectivity index (χ1v) is 6.70. The van der Waals surface area contributed by atoms with Crippen LogP contribution in [0.1, 0.15) is 44.1 Å². The number of benzene rings is 1. The van der Waals surface area contributed by atoms with Crippen LogP contribution in [0.25, 0.3) is 0 Å². The Balaban J connectivity index is 2.60. The molecule has 2 nitrogen and oxygen atoms in total. The van der Waals surface area contributed by atoms with Gasteiger partial charge < -0.3 is 10.8 Å². The minimum absolute atomic E-state index is 0.0177. The summed E-state index contributed by atoms with van der Waals surface area (Å²) in [4.78, 5) is 0. The zero-order chi connectivity index (χ0) is 12.7. The molecule has 2 atom stereocenters. The lowest BCUT2D eigenvalue weighted by molar-refractivity contribution is 0.132. The molecule has 3 heteroatoms. The lowest BCUT2D eigenvalue weighted by atomic mass is 9.90. The van der Waals surface area contributed by atoms with Crippen LogP contribution in [-0.4, -0.2) is 17.8 Å². The minimum atomic E-state index is -0.354. The molecule has 3 N–H and O–H groups in total. The average Bonchev–Trinajstić information content (AvgIpc) is 2.33. The summed E-state index contributed by atoms with van der Waals surface area (Å²) in [6.45, 7) is 2.63. The Hall–Kier alpha value is -0.570. The van der Waals surface area contributed by atoms with Crippen molar-refractivity contribution in [2.45, 2.75) is 44.6 Å². The van der Waals surface area contributed by atoms with E-state index in [1.165, 1.54) is 6.42 Å². The van der Waals surface area contributed by atoms with E-state index in [0.717, 1.165) is 24.8 Å². The Morgan fingerprint density at radius 3 is 2.41 bits per heavy atom. The van der Waals surface area contributed by atoms with Gasteiger partial charge in [-0.05, 0) is 24.1 Å². The van der Waals surface area contributed by atoms with Crippen LogP contribution < -0.4 is 5.73 Å². The Morgan fingerprint density at radius 2 is 1.88 bits per heavy atom. The molecule has 0 aromatic heterocycles. The normalized spacial score (nSPS) is 14.6. The zero-order valence-electron chi connectivity index (χ0n) is 10.4. The van der Waals surface area contributed by atoms with E-state index in [1.807, 2.05) is 24.3 Å². The number of aliphatic hydroxyl groups excluding tert-OH is 1. The molecular weight excluding hydrogens is 234 g/mol. The smallest absolute Gasteiger partial charge is 0.0620 e. The molecule has 0 radical (unpaired) electrons. The highest BCUT2D eigenvalue weighted by atomic mass is 35.5. The number of unbranched alkanes of at least 4 members (excludes halogenated alkanes) is 2. The van der Waals surface area contributed by atoms with Crippen molar-refractivity contribution in [3.8, 4) is 0 Å². The van der Waals surface area contributed by atoms with E-state index in [-0.39, 0.29) is 12.0 Å². The van der Waals surface area contributed by atoms with E-state index in [1.54, 1.807) is 0 Å². The maximum absolute atomic E-state index is 10.1. The first kappa shape index (κ1) is 14.5. The first-order chi connectivity index (χ1) is 8.19. The number of hydrogen-bond acceptors (Lipinski definition) is 2. The third kappa shape index (κ3) is 4.66. The highest BCUT2D eigenvalue weighted by Gasteiger charge is 2.19. The molecule has 0 heterocycles. The predicted octanol–water partition coefficient (Wildman–Crippen LogP) is 3.32. The minimum Gasteiger partial charge on any atom is -0.392 e. The fourth-order valence-electron chi connectivity index (χ4n) is 2.03. The van der Waals surface area contributed by atoms with Crippen LogP contribution in [0.5, 0.6) is 0 Å². The van der Waals surface area contributed by atoms with Crippen molar-refractivity contribution in [1.82, 2.24) is 0 Å². The molecule has 1 aromatic rings. The summed E-state index contributed by atoms with van der Waals surface area (Å²) in [6.07, 6.45) is 3.85. The van der Waals surface area contributed by atoms with Gasteiger partial charge in [-0.25, -0.2) is 0 Å². The molecule has 0 aliphatic carbocycles. The molecule has 0 spiro atoms. The predicted molar refractivity (Wildman–Crippen MR) is 73.4 cm³/mol. The Labute approximate surface area is 109 Å². The quantitative estimate of drug-likeness (QED) is 0.735. The fourth-order valence-corrected chi connectivity index (χ4v) is 2.16. The number of halogens is 1.